The molecule has 0 aliphatic carbocycles. The van der Waals surface area contributed by atoms with E-state index in [0.29, 0.717) is 16.4 Å². The van der Waals surface area contributed by atoms with Crippen LogP contribution in [0.3, 0.4) is 0 Å². The number of nitrogens with one attached hydrogen (secondary N) is 1. The number of thiazole rings is 1. The minimum Gasteiger partial charge on any atom is -0.497 e. The standard InChI is InChI=1S/C21H18N2O8S/c1-10(24)29-16-7-13(8-17(30-11(2)25)19(16)31-12(3)26)20(27)23-21-22-15-6-5-14(28-4)9-18(15)32-21/h5-9H,1-4H3,(H,22,23,27). The first-order valence-electron chi connectivity index (χ1n) is 9.15. The average Bonchev–Trinajstić information content (AvgIpc) is 3.10. The highest BCUT2D eigenvalue weighted by molar-refractivity contribution is 7.22. The maximum absolute atomic E-state index is 12.9. The molecule has 0 aliphatic heterocycles. The van der Waals surface area contributed by atoms with Gasteiger partial charge in [-0.25, -0.2) is 4.98 Å². The first kappa shape index (κ1) is 22.7. The minimum absolute atomic E-state index is 0.0229. The molecule has 0 fully saturated rings. The Morgan fingerprint density at radius 3 is 2.00 bits per heavy atom. The van der Waals surface area contributed by atoms with Crippen molar-refractivity contribution in [1.29, 1.82) is 0 Å². The summed E-state index contributed by atoms with van der Waals surface area (Å²) in [7, 11) is 1.55. The average molecular weight is 458 g/mol. The molecule has 1 amide bonds. The van der Waals surface area contributed by atoms with Crippen LogP contribution in [0.4, 0.5) is 5.13 Å². The molecule has 0 spiro atoms. The molecular formula is C21H18N2O8S. The Labute approximate surface area is 186 Å². The highest BCUT2D eigenvalue weighted by atomic mass is 32.1. The molecule has 1 heterocycles. The van der Waals surface area contributed by atoms with Gasteiger partial charge in [-0.05, 0) is 30.3 Å². The van der Waals surface area contributed by atoms with Crippen LogP contribution in [0.2, 0.25) is 0 Å². The smallest absolute Gasteiger partial charge is 0.308 e. The second-order valence-corrected chi connectivity index (χ2v) is 7.42. The van der Waals surface area contributed by atoms with E-state index in [4.69, 9.17) is 18.9 Å². The van der Waals surface area contributed by atoms with Gasteiger partial charge in [0.2, 0.25) is 5.75 Å². The number of fused-ring (bicyclic) bond motifs is 1. The van der Waals surface area contributed by atoms with Crippen molar-refractivity contribution >= 4 is 50.5 Å². The van der Waals surface area contributed by atoms with Gasteiger partial charge in [0.05, 0.1) is 17.3 Å². The quantitative estimate of drug-likeness (QED) is 0.436. The first-order chi connectivity index (χ1) is 15.2. The van der Waals surface area contributed by atoms with E-state index >= 15 is 0 Å². The Balaban J connectivity index is 1.99. The number of benzene rings is 2. The lowest BCUT2D eigenvalue weighted by atomic mass is 10.1. The molecule has 0 atom stereocenters. The highest BCUT2D eigenvalue weighted by Gasteiger charge is 2.23. The third-order valence-corrected chi connectivity index (χ3v) is 4.79. The summed E-state index contributed by atoms with van der Waals surface area (Å²) >= 11 is 1.23. The molecule has 32 heavy (non-hydrogen) atoms. The Hall–Kier alpha value is -3.99. The molecule has 3 rings (SSSR count). The van der Waals surface area contributed by atoms with Gasteiger partial charge in [-0.3, -0.25) is 24.5 Å². The summed E-state index contributed by atoms with van der Waals surface area (Å²) < 4.78 is 21.2. The molecule has 10 nitrogen and oxygen atoms in total. The van der Waals surface area contributed by atoms with Gasteiger partial charge in [-0.15, -0.1) is 0 Å². The van der Waals surface area contributed by atoms with E-state index in [9.17, 15) is 19.2 Å². The number of aromatic nitrogens is 1. The second kappa shape index (κ2) is 9.43. The Bertz CT molecular complexity index is 1200. The van der Waals surface area contributed by atoms with Gasteiger partial charge >= 0.3 is 17.9 Å². The number of amides is 1. The van der Waals surface area contributed by atoms with Gasteiger partial charge in [0, 0.05) is 26.3 Å². The normalized spacial score (nSPS) is 10.4. The summed E-state index contributed by atoms with van der Waals surface area (Å²) in [6, 6.07) is 7.68. The number of hydrogen-bond acceptors (Lipinski definition) is 10. The Kier molecular flexibility index (Phi) is 6.69. The van der Waals surface area contributed by atoms with Crippen LogP contribution in [-0.4, -0.2) is 35.9 Å². The summed E-state index contributed by atoms with van der Waals surface area (Å²) in [6.07, 6.45) is 0. The second-order valence-electron chi connectivity index (χ2n) is 6.39. The number of rotatable bonds is 6. The van der Waals surface area contributed by atoms with Gasteiger partial charge in [0.25, 0.3) is 5.91 Å². The van der Waals surface area contributed by atoms with Crippen LogP contribution in [0.1, 0.15) is 31.1 Å². The van der Waals surface area contributed by atoms with Crippen LogP contribution in [0, 0.1) is 0 Å². The molecule has 0 aliphatic rings. The van der Waals surface area contributed by atoms with Crippen molar-refractivity contribution in [2.45, 2.75) is 20.8 Å². The Morgan fingerprint density at radius 2 is 1.47 bits per heavy atom. The Morgan fingerprint density at radius 1 is 0.875 bits per heavy atom. The number of hydrogen-bond donors (Lipinski definition) is 1. The maximum Gasteiger partial charge on any atom is 0.308 e. The zero-order valence-corrected chi connectivity index (χ0v) is 18.3. The van der Waals surface area contributed by atoms with Crippen LogP contribution in [0.25, 0.3) is 10.2 Å². The minimum atomic E-state index is -0.742. The molecular weight excluding hydrogens is 440 g/mol. The summed E-state index contributed by atoms with van der Waals surface area (Å²) in [5, 5.41) is 2.96. The molecule has 11 heteroatoms. The fourth-order valence-electron chi connectivity index (χ4n) is 2.67. The predicted octanol–water partition coefficient (Wildman–Crippen LogP) is 3.33. The topological polar surface area (TPSA) is 130 Å². The molecule has 0 unspecified atom stereocenters. The lowest BCUT2D eigenvalue weighted by molar-refractivity contribution is -0.135. The fourth-order valence-corrected chi connectivity index (χ4v) is 3.56. The maximum atomic E-state index is 12.9. The lowest BCUT2D eigenvalue weighted by Crippen LogP contribution is -2.15. The molecule has 0 saturated carbocycles. The highest BCUT2D eigenvalue weighted by Crippen LogP contribution is 2.40. The van der Waals surface area contributed by atoms with Crippen molar-refractivity contribution in [3.8, 4) is 23.0 Å². The SMILES string of the molecule is COc1ccc2nc(NC(=O)c3cc(OC(C)=O)c(OC(C)=O)c(OC(C)=O)c3)sc2c1. The largest absolute Gasteiger partial charge is 0.497 e. The number of anilines is 1. The monoisotopic (exact) mass is 458 g/mol. The van der Waals surface area contributed by atoms with Gasteiger partial charge in [0.1, 0.15) is 5.75 Å². The van der Waals surface area contributed by atoms with Crippen LogP contribution < -0.4 is 24.3 Å². The van der Waals surface area contributed by atoms with E-state index < -0.39 is 23.8 Å². The van der Waals surface area contributed by atoms with E-state index in [1.165, 1.54) is 23.5 Å². The molecule has 2 aromatic carbocycles. The zero-order chi connectivity index (χ0) is 23.4. The summed E-state index contributed by atoms with van der Waals surface area (Å²) in [5.74, 6) is -2.99. The van der Waals surface area contributed by atoms with E-state index in [0.717, 1.165) is 25.5 Å². The van der Waals surface area contributed by atoms with E-state index in [2.05, 4.69) is 10.3 Å². The number of ether oxygens (including phenoxy) is 4. The van der Waals surface area contributed by atoms with Gasteiger partial charge < -0.3 is 18.9 Å². The van der Waals surface area contributed by atoms with E-state index in [-0.39, 0.29) is 22.8 Å². The molecule has 1 aromatic heterocycles. The molecule has 0 bridgehead atoms. The lowest BCUT2D eigenvalue weighted by Gasteiger charge is -2.14. The number of esters is 3. The summed E-state index contributed by atoms with van der Waals surface area (Å²) in [6.45, 7) is 3.38. The van der Waals surface area contributed by atoms with Crippen molar-refractivity contribution in [3.63, 3.8) is 0 Å². The molecule has 3 aromatic rings. The molecule has 0 saturated heterocycles. The van der Waals surface area contributed by atoms with Crippen LogP contribution in [0.5, 0.6) is 23.0 Å². The van der Waals surface area contributed by atoms with Crippen LogP contribution in [-0.2, 0) is 14.4 Å². The van der Waals surface area contributed by atoms with E-state index in [1.807, 2.05) is 0 Å². The van der Waals surface area contributed by atoms with Gasteiger partial charge in [0.15, 0.2) is 16.6 Å². The zero-order valence-electron chi connectivity index (χ0n) is 17.5. The van der Waals surface area contributed by atoms with Crippen LogP contribution >= 0.6 is 11.3 Å². The van der Waals surface area contributed by atoms with Crippen molar-refractivity contribution in [2.75, 3.05) is 12.4 Å². The number of nitrogens with zero attached hydrogens (tertiary/aromatic N) is 1. The molecule has 1 N–H and O–H groups in total. The van der Waals surface area contributed by atoms with Crippen molar-refractivity contribution < 1.29 is 38.1 Å². The van der Waals surface area contributed by atoms with Gasteiger partial charge in [-0.1, -0.05) is 11.3 Å². The molecule has 166 valence electrons. The fraction of sp³-hybridized carbons (Fsp3) is 0.190. The van der Waals surface area contributed by atoms with Crippen LogP contribution in [0.15, 0.2) is 30.3 Å². The van der Waals surface area contributed by atoms with Crippen molar-refractivity contribution in [3.05, 3.63) is 35.9 Å². The van der Waals surface area contributed by atoms with Crippen molar-refractivity contribution in [1.82, 2.24) is 4.98 Å². The third kappa shape index (κ3) is 5.38. The predicted molar refractivity (Wildman–Crippen MR) is 114 cm³/mol. The third-order valence-electron chi connectivity index (χ3n) is 3.85. The number of carbonyl (C=O) groups is 4. The summed E-state index contributed by atoms with van der Waals surface area (Å²) in [5.41, 5.74) is 0.641. The molecule has 0 radical (unpaired) electrons. The first-order valence-corrected chi connectivity index (χ1v) is 9.97. The summed E-state index contributed by atoms with van der Waals surface area (Å²) in [4.78, 5) is 51.7. The number of methoxy groups -OCH3 is 1. The number of carbonyl (C=O) groups excluding carboxylic acids is 4. The van der Waals surface area contributed by atoms with Gasteiger partial charge in [-0.2, -0.15) is 0 Å². The van der Waals surface area contributed by atoms with Crippen molar-refractivity contribution in [2.24, 2.45) is 0 Å². The van der Waals surface area contributed by atoms with E-state index in [1.54, 1.807) is 25.3 Å².